The van der Waals surface area contributed by atoms with Gasteiger partial charge in [0.25, 0.3) is 0 Å². The summed E-state index contributed by atoms with van der Waals surface area (Å²) in [5, 5.41) is 11.7. The van der Waals surface area contributed by atoms with Crippen LogP contribution in [0, 0.1) is 0 Å². The van der Waals surface area contributed by atoms with Gasteiger partial charge in [0.2, 0.25) is 11.6 Å². The lowest BCUT2D eigenvalue weighted by Crippen LogP contribution is -2.28. The van der Waals surface area contributed by atoms with Gasteiger partial charge in [-0.25, -0.2) is 0 Å². The molecule has 2 aliphatic rings. The van der Waals surface area contributed by atoms with Crippen molar-refractivity contribution in [2.45, 2.75) is 89.9 Å². The number of nitrogens with zero attached hydrogens (tertiary/aromatic N) is 2. The first-order chi connectivity index (χ1) is 20.1. The Kier molecular flexibility index (Phi) is 10.1. The Morgan fingerprint density at radius 1 is 0.857 bits per heavy atom. The van der Waals surface area contributed by atoms with Crippen LogP contribution in [0.25, 0.3) is 0 Å². The van der Waals surface area contributed by atoms with Crippen LogP contribution in [0.15, 0.2) is 72.5 Å². The Labute approximate surface area is 251 Å². The first-order valence-electron chi connectivity index (χ1n) is 15.5. The number of anilines is 1. The third kappa shape index (κ3) is 6.69. The fourth-order valence-corrected chi connectivity index (χ4v) is 6.57. The van der Waals surface area contributed by atoms with Crippen molar-refractivity contribution in [2.75, 3.05) is 25.0 Å². The number of nitrogens with one attached hydrogen (secondary N) is 1. The number of benzene rings is 2. The van der Waals surface area contributed by atoms with Gasteiger partial charge < -0.3 is 15.3 Å². The lowest BCUT2D eigenvalue weighted by Gasteiger charge is -2.27. The minimum absolute atomic E-state index is 0.108. The molecule has 6 heteroatoms. The molecular formula is C36H48N3O3+. The molecule has 1 amide bonds. The highest BCUT2D eigenvalue weighted by atomic mass is 16.4. The van der Waals surface area contributed by atoms with Crippen molar-refractivity contribution in [1.29, 1.82) is 0 Å². The number of rotatable bonds is 14. The number of para-hydroxylation sites is 2. The molecule has 0 atom stereocenters. The zero-order chi connectivity index (χ0) is 30.3. The molecule has 0 bridgehead atoms. The molecule has 2 aromatic carbocycles. The molecule has 0 saturated heterocycles. The summed E-state index contributed by atoms with van der Waals surface area (Å²) < 4.78 is 2.47. The second-order valence-corrected chi connectivity index (χ2v) is 12.6. The van der Waals surface area contributed by atoms with Crippen LogP contribution in [-0.4, -0.2) is 47.4 Å². The number of amides is 1. The van der Waals surface area contributed by atoms with E-state index in [1.807, 2.05) is 0 Å². The van der Waals surface area contributed by atoms with Crippen molar-refractivity contribution in [1.82, 2.24) is 5.32 Å². The molecule has 6 nitrogen and oxygen atoms in total. The molecule has 2 heterocycles. The molecule has 0 unspecified atom stereocenters. The lowest BCUT2D eigenvalue weighted by atomic mass is 9.81. The quantitative estimate of drug-likeness (QED) is 0.185. The van der Waals surface area contributed by atoms with E-state index in [1.165, 1.54) is 33.9 Å². The van der Waals surface area contributed by atoms with E-state index in [0.29, 0.717) is 12.8 Å². The number of hydrogen-bond acceptors (Lipinski definition) is 3. The number of fused-ring (bicyclic) bond motifs is 2. The zero-order valence-corrected chi connectivity index (χ0v) is 26.1. The van der Waals surface area contributed by atoms with Gasteiger partial charge in [-0.15, -0.1) is 0 Å². The summed E-state index contributed by atoms with van der Waals surface area (Å²) in [7, 11) is 1.70. The van der Waals surface area contributed by atoms with Crippen LogP contribution in [0.3, 0.4) is 0 Å². The van der Waals surface area contributed by atoms with Crippen LogP contribution >= 0.6 is 0 Å². The van der Waals surface area contributed by atoms with Crippen LogP contribution in [0.1, 0.15) is 90.2 Å². The number of aliphatic carboxylic acids is 1. The predicted molar refractivity (Wildman–Crippen MR) is 172 cm³/mol. The number of allylic oxidation sites excluding steroid dienone is 4. The number of carboxylic acids is 1. The van der Waals surface area contributed by atoms with Gasteiger partial charge in [0, 0.05) is 67.4 Å². The van der Waals surface area contributed by atoms with E-state index in [4.69, 9.17) is 5.11 Å². The Bertz CT molecular complexity index is 1380. The zero-order valence-electron chi connectivity index (χ0n) is 26.1. The molecule has 42 heavy (non-hydrogen) atoms. The average Bonchev–Trinajstić information content (AvgIpc) is 3.31. The largest absolute Gasteiger partial charge is 0.481 e. The maximum Gasteiger partial charge on any atom is 0.303 e. The SMILES string of the molecule is CNC(=O)CCCCC[N+]1=C(/C=C/C=C2/N(CCCCCC(=O)O)c3ccccc3C2(C)C)C(C)(C)c2ccccc21. The summed E-state index contributed by atoms with van der Waals surface area (Å²) in [5.41, 5.74) is 7.51. The van der Waals surface area contributed by atoms with Gasteiger partial charge in [0.05, 0.1) is 5.41 Å². The predicted octanol–water partition coefficient (Wildman–Crippen LogP) is 7.25. The summed E-state index contributed by atoms with van der Waals surface area (Å²) in [6, 6.07) is 17.4. The number of carbonyl (C=O) groups is 2. The van der Waals surface area contributed by atoms with Crippen LogP contribution in [0.5, 0.6) is 0 Å². The smallest absolute Gasteiger partial charge is 0.303 e. The van der Waals surface area contributed by atoms with Gasteiger partial charge in [0.15, 0.2) is 5.71 Å². The van der Waals surface area contributed by atoms with Crippen molar-refractivity contribution in [2.24, 2.45) is 0 Å². The standard InChI is InChI=1S/C36H47N3O3/c1-35(2)27-17-10-12-19-29(27)38(25-14-6-8-23-33(40)37-5)31(35)21-16-22-32-36(3,4)28-18-11-13-20-30(28)39(32)26-15-7-9-24-34(41)42/h10-13,16-22H,6-9,14-15,23-26H2,1-5H3,(H-,37,40,41,42)/p+1. The minimum atomic E-state index is -0.721. The van der Waals surface area contributed by atoms with E-state index in [1.54, 1.807) is 7.05 Å². The normalized spacial score (nSPS) is 17.6. The molecular weight excluding hydrogens is 522 g/mol. The Morgan fingerprint density at radius 3 is 2.26 bits per heavy atom. The summed E-state index contributed by atoms with van der Waals surface area (Å²) in [6.45, 7) is 11.0. The maximum absolute atomic E-state index is 11.6. The third-order valence-electron chi connectivity index (χ3n) is 8.94. The molecule has 0 aliphatic carbocycles. The highest BCUT2D eigenvalue weighted by Gasteiger charge is 2.44. The fourth-order valence-electron chi connectivity index (χ4n) is 6.57. The van der Waals surface area contributed by atoms with Crippen molar-refractivity contribution in [3.8, 4) is 0 Å². The summed E-state index contributed by atoms with van der Waals surface area (Å²) >= 11 is 0. The molecule has 0 aromatic heterocycles. The second-order valence-electron chi connectivity index (χ2n) is 12.6. The molecule has 2 aromatic rings. The second kappa shape index (κ2) is 13.5. The van der Waals surface area contributed by atoms with E-state index in [0.717, 1.165) is 45.2 Å². The molecule has 4 rings (SSSR count). The van der Waals surface area contributed by atoms with E-state index in [-0.39, 0.29) is 23.2 Å². The third-order valence-corrected chi connectivity index (χ3v) is 8.94. The molecule has 0 fully saturated rings. The molecule has 0 spiro atoms. The molecule has 224 valence electrons. The highest BCUT2D eigenvalue weighted by molar-refractivity contribution is 6.03. The van der Waals surface area contributed by atoms with Crippen molar-refractivity contribution in [3.05, 3.63) is 83.6 Å². The first-order valence-corrected chi connectivity index (χ1v) is 15.5. The number of carboxylic acid groups (broad SMARTS) is 1. The minimum Gasteiger partial charge on any atom is -0.481 e. The van der Waals surface area contributed by atoms with Crippen LogP contribution in [0.2, 0.25) is 0 Å². The fraction of sp³-hybridized carbons (Fsp3) is 0.472. The lowest BCUT2D eigenvalue weighted by molar-refractivity contribution is -0.438. The molecule has 2 aliphatic heterocycles. The van der Waals surface area contributed by atoms with Gasteiger partial charge in [-0.1, -0.05) is 62.7 Å². The number of hydrogen-bond donors (Lipinski definition) is 2. The Hall–Kier alpha value is -3.67. The van der Waals surface area contributed by atoms with Gasteiger partial charge in [-0.05, 0) is 57.2 Å². The van der Waals surface area contributed by atoms with E-state index < -0.39 is 5.97 Å². The number of unbranched alkanes of at least 4 members (excludes halogenated alkanes) is 4. The van der Waals surface area contributed by atoms with Crippen molar-refractivity contribution < 1.29 is 19.3 Å². The van der Waals surface area contributed by atoms with Crippen LogP contribution in [-0.2, 0) is 20.4 Å². The number of carbonyl (C=O) groups excluding carboxylic acids is 1. The first kappa shape index (κ1) is 31.3. The van der Waals surface area contributed by atoms with Crippen LogP contribution in [0.4, 0.5) is 11.4 Å². The van der Waals surface area contributed by atoms with Gasteiger partial charge in [-0.2, -0.15) is 4.58 Å². The summed E-state index contributed by atoms with van der Waals surface area (Å²) in [6.07, 6.45) is 13.1. The van der Waals surface area contributed by atoms with Crippen molar-refractivity contribution in [3.63, 3.8) is 0 Å². The maximum atomic E-state index is 11.6. The molecule has 0 saturated carbocycles. The summed E-state index contributed by atoms with van der Waals surface area (Å²) in [5.74, 6) is -0.613. The average molecular weight is 571 g/mol. The van der Waals surface area contributed by atoms with Crippen molar-refractivity contribution >= 4 is 29.0 Å². The molecule has 2 N–H and O–H groups in total. The van der Waals surface area contributed by atoms with Gasteiger partial charge >= 0.3 is 5.97 Å². The molecule has 0 radical (unpaired) electrons. The Balaban J connectivity index is 1.59. The highest BCUT2D eigenvalue weighted by Crippen LogP contribution is 2.48. The van der Waals surface area contributed by atoms with E-state index >= 15 is 0 Å². The summed E-state index contributed by atoms with van der Waals surface area (Å²) in [4.78, 5) is 25.0. The van der Waals surface area contributed by atoms with Gasteiger partial charge in [-0.3, -0.25) is 9.59 Å². The van der Waals surface area contributed by atoms with E-state index in [2.05, 4.69) is 109 Å². The monoisotopic (exact) mass is 570 g/mol. The van der Waals surface area contributed by atoms with E-state index in [9.17, 15) is 9.59 Å². The van der Waals surface area contributed by atoms with Gasteiger partial charge in [0.1, 0.15) is 6.54 Å². The topological polar surface area (TPSA) is 72.7 Å². The Morgan fingerprint density at radius 2 is 1.52 bits per heavy atom. The van der Waals surface area contributed by atoms with Crippen LogP contribution < -0.4 is 10.2 Å².